The van der Waals surface area contributed by atoms with Crippen LogP contribution in [0.25, 0.3) is 0 Å². The molecule has 2 N–H and O–H groups in total. The number of carbonyl (C=O) groups excluding carboxylic acids is 1. The Kier molecular flexibility index (Phi) is 6.64. The van der Waals surface area contributed by atoms with Crippen LogP contribution in [0.1, 0.15) is 52.0 Å². The quantitative estimate of drug-likeness (QED) is 0.855. The fraction of sp³-hybridized carbons (Fsp3) is 0.650. The van der Waals surface area contributed by atoms with E-state index in [9.17, 15) is 4.79 Å². The second kappa shape index (κ2) is 8.49. The number of rotatable bonds is 4. The van der Waals surface area contributed by atoms with Crippen molar-refractivity contribution in [2.45, 2.75) is 65.0 Å². The minimum Gasteiger partial charge on any atom is -0.461 e. The van der Waals surface area contributed by atoms with Crippen LogP contribution < -0.4 is 5.73 Å². The topological polar surface area (TPSA) is 52.3 Å². The molecule has 3 nitrogen and oxygen atoms in total. The SMILES string of the molecule is CC(C)C[C@@H]1[C@@H](Cc2ccccc2)CCC[C@H](N)C(=O)O[C@H]1C. The molecule has 128 valence electrons. The molecule has 0 aromatic heterocycles. The second-order valence-corrected chi connectivity index (χ2v) is 7.42. The van der Waals surface area contributed by atoms with Crippen molar-refractivity contribution in [3.8, 4) is 0 Å². The van der Waals surface area contributed by atoms with Crippen molar-refractivity contribution in [3.05, 3.63) is 35.9 Å². The number of esters is 1. The number of ether oxygens (including phenoxy) is 1. The molecular formula is C20H31NO2. The Hall–Kier alpha value is -1.35. The molecule has 0 amide bonds. The van der Waals surface area contributed by atoms with Crippen LogP contribution >= 0.6 is 0 Å². The normalized spacial score (nSPS) is 29.5. The van der Waals surface area contributed by atoms with Crippen LogP contribution in [0.3, 0.4) is 0 Å². The maximum Gasteiger partial charge on any atom is 0.323 e. The molecule has 1 fully saturated rings. The lowest BCUT2D eigenvalue weighted by Crippen LogP contribution is -2.37. The summed E-state index contributed by atoms with van der Waals surface area (Å²) in [6.07, 6.45) is 4.90. The molecule has 1 aromatic rings. The standard InChI is InChI=1S/C20H31NO2/c1-14(2)12-18-15(3)23-20(22)19(21)11-7-10-17(18)13-16-8-5-4-6-9-16/h4-6,8-9,14-15,17-19H,7,10-13,21H2,1-3H3/t15-,17+,18-,19-/m0/s1. The number of nitrogens with two attached hydrogens (primary N) is 1. The van der Waals surface area contributed by atoms with Crippen molar-refractivity contribution in [2.75, 3.05) is 0 Å². The summed E-state index contributed by atoms with van der Waals surface area (Å²) in [6.45, 7) is 6.53. The van der Waals surface area contributed by atoms with E-state index >= 15 is 0 Å². The van der Waals surface area contributed by atoms with Gasteiger partial charge in [-0.25, -0.2) is 0 Å². The highest BCUT2D eigenvalue weighted by atomic mass is 16.5. The summed E-state index contributed by atoms with van der Waals surface area (Å²) < 4.78 is 5.70. The molecule has 1 aromatic carbocycles. The first kappa shape index (κ1) is 18.0. The van der Waals surface area contributed by atoms with Crippen molar-refractivity contribution >= 4 is 5.97 Å². The monoisotopic (exact) mass is 317 g/mol. The Morgan fingerprint density at radius 3 is 2.57 bits per heavy atom. The highest BCUT2D eigenvalue weighted by molar-refractivity contribution is 5.75. The highest BCUT2D eigenvalue weighted by Gasteiger charge is 2.32. The van der Waals surface area contributed by atoms with Gasteiger partial charge < -0.3 is 10.5 Å². The summed E-state index contributed by atoms with van der Waals surface area (Å²) >= 11 is 0. The van der Waals surface area contributed by atoms with E-state index in [1.807, 2.05) is 6.92 Å². The fourth-order valence-corrected chi connectivity index (χ4v) is 3.77. The van der Waals surface area contributed by atoms with Crippen LogP contribution in [-0.2, 0) is 16.0 Å². The van der Waals surface area contributed by atoms with E-state index in [1.165, 1.54) is 5.56 Å². The molecule has 4 atom stereocenters. The first-order chi connectivity index (χ1) is 11.0. The Bertz CT molecular complexity index is 486. The van der Waals surface area contributed by atoms with Gasteiger partial charge in [-0.15, -0.1) is 0 Å². The molecule has 1 aliphatic heterocycles. The van der Waals surface area contributed by atoms with Crippen LogP contribution in [0.15, 0.2) is 30.3 Å². The van der Waals surface area contributed by atoms with Crippen LogP contribution in [-0.4, -0.2) is 18.1 Å². The number of carbonyl (C=O) groups is 1. The minimum absolute atomic E-state index is 0.0669. The molecule has 0 spiro atoms. The zero-order valence-corrected chi connectivity index (χ0v) is 14.7. The highest BCUT2D eigenvalue weighted by Crippen LogP contribution is 2.33. The Labute approximate surface area is 140 Å². The molecule has 1 heterocycles. The van der Waals surface area contributed by atoms with Crippen LogP contribution in [0.5, 0.6) is 0 Å². The average Bonchev–Trinajstić information content (AvgIpc) is 2.55. The lowest BCUT2D eigenvalue weighted by atomic mass is 9.76. The summed E-state index contributed by atoms with van der Waals surface area (Å²) in [5.74, 6) is 1.29. The Morgan fingerprint density at radius 1 is 1.22 bits per heavy atom. The predicted octanol–water partition coefficient (Wildman–Crippen LogP) is 3.95. The number of cyclic esters (lactones) is 1. The van der Waals surface area contributed by atoms with Gasteiger partial charge in [0.1, 0.15) is 12.1 Å². The van der Waals surface area contributed by atoms with Gasteiger partial charge in [0.2, 0.25) is 0 Å². The lowest BCUT2D eigenvalue weighted by Gasteiger charge is -2.32. The molecule has 3 heteroatoms. The van der Waals surface area contributed by atoms with Gasteiger partial charge in [-0.1, -0.05) is 50.6 Å². The lowest BCUT2D eigenvalue weighted by molar-refractivity contribution is -0.153. The smallest absolute Gasteiger partial charge is 0.323 e. The van der Waals surface area contributed by atoms with Gasteiger partial charge >= 0.3 is 5.97 Å². The van der Waals surface area contributed by atoms with Crippen molar-refractivity contribution in [3.63, 3.8) is 0 Å². The second-order valence-electron chi connectivity index (χ2n) is 7.42. The predicted molar refractivity (Wildman–Crippen MR) is 94.0 cm³/mol. The van der Waals surface area contributed by atoms with Crippen molar-refractivity contribution in [1.82, 2.24) is 0 Å². The van der Waals surface area contributed by atoms with E-state index in [-0.39, 0.29) is 12.1 Å². The van der Waals surface area contributed by atoms with E-state index in [0.717, 1.165) is 32.1 Å². The largest absolute Gasteiger partial charge is 0.461 e. The van der Waals surface area contributed by atoms with Gasteiger partial charge in [-0.3, -0.25) is 4.79 Å². The molecular weight excluding hydrogens is 286 g/mol. The Morgan fingerprint density at radius 2 is 1.91 bits per heavy atom. The first-order valence-electron chi connectivity index (χ1n) is 8.97. The van der Waals surface area contributed by atoms with Gasteiger partial charge in [0.15, 0.2) is 0 Å². The summed E-state index contributed by atoms with van der Waals surface area (Å²) in [6, 6.07) is 10.2. The summed E-state index contributed by atoms with van der Waals surface area (Å²) in [7, 11) is 0. The summed E-state index contributed by atoms with van der Waals surface area (Å²) in [5, 5.41) is 0. The van der Waals surface area contributed by atoms with Gasteiger partial charge in [0.25, 0.3) is 0 Å². The van der Waals surface area contributed by atoms with E-state index in [1.54, 1.807) is 0 Å². The third-order valence-corrected chi connectivity index (χ3v) is 4.99. The maximum atomic E-state index is 12.1. The van der Waals surface area contributed by atoms with Gasteiger partial charge in [0.05, 0.1) is 0 Å². The molecule has 23 heavy (non-hydrogen) atoms. The summed E-state index contributed by atoms with van der Waals surface area (Å²) in [5.41, 5.74) is 7.32. The number of hydrogen-bond donors (Lipinski definition) is 1. The Balaban J connectivity index is 2.20. The van der Waals surface area contributed by atoms with Crippen molar-refractivity contribution in [2.24, 2.45) is 23.5 Å². The molecule has 1 aliphatic rings. The molecule has 2 rings (SSSR count). The van der Waals surface area contributed by atoms with Gasteiger partial charge in [0, 0.05) is 0 Å². The minimum atomic E-state index is -0.465. The van der Waals surface area contributed by atoms with Gasteiger partial charge in [-0.05, 0) is 55.9 Å². The van der Waals surface area contributed by atoms with E-state index in [0.29, 0.717) is 17.8 Å². The first-order valence-corrected chi connectivity index (χ1v) is 8.97. The van der Waals surface area contributed by atoms with Gasteiger partial charge in [-0.2, -0.15) is 0 Å². The average molecular weight is 317 g/mol. The van der Waals surface area contributed by atoms with Crippen molar-refractivity contribution < 1.29 is 9.53 Å². The zero-order chi connectivity index (χ0) is 16.8. The molecule has 0 saturated carbocycles. The summed E-state index contributed by atoms with van der Waals surface area (Å²) in [4.78, 5) is 12.1. The third-order valence-electron chi connectivity index (χ3n) is 4.99. The fourth-order valence-electron chi connectivity index (χ4n) is 3.77. The maximum absolute atomic E-state index is 12.1. The molecule has 0 bridgehead atoms. The molecule has 0 radical (unpaired) electrons. The third kappa shape index (κ3) is 5.35. The molecule has 0 aliphatic carbocycles. The van der Waals surface area contributed by atoms with E-state index in [2.05, 4.69) is 44.2 Å². The number of benzene rings is 1. The molecule has 0 unspecified atom stereocenters. The zero-order valence-electron chi connectivity index (χ0n) is 14.7. The van der Waals surface area contributed by atoms with Crippen LogP contribution in [0, 0.1) is 17.8 Å². The van der Waals surface area contributed by atoms with E-state index < -0.39 is 6.04 Å². The number of hydrogen-bond acceptors (Lipinski definition) is 3. The van der Waals surface area contributed by atoms with Crippen LogP contribution in [0.4, 0.5) is 0 Å². The molecule has 1 saturated heterocycles. The van der Waals surface area contributed by atoms with E-state index in [4.69, 9.17) is 10.5 Å². The van der Waals surface area contributed by atoms with Crippen LogP contribution in [0.2, 0.25) is 0 Å². The van der Waals surface area contributed by atoms with Crippen molar-refractivity contribution in [1.29, 1.82) is 0 Å².